The van der Waals surface area contributed by atoms with Crippen LogP contribution >= 0.6 is 23.5 Å². The summed E-state index contributed by atoms with van der Waals surface area (Å²) in [6.07, 6.45) is 3.46. The standard InChI is InChI=1S/C16H16N2OS2/c19-15(18-11-12-5-7-17-8-6-12)13-1-3-14(4-2-13)16-20-9-10-21-16/h1-8,16H,9-11H2,(H,18,19). The second kappa shape index (κ2) is 7.00. The van der Waals surface area contributed by atoms with Gasteiger partial charge in [-0.15, -0.1) is 23.5 Å². The molecule has 0 saturated carbocycles. The number of thioether (sulfide) groups is 2. The van der Waals surface area contributed by atoms with E-state index in [0.29, 0.717) is 16.7 Å². The summed E-state index contributed by atoms with van der Waals surface area (Å²) in [6.45, 7) is 0.525. The SMILES string of the molecule is O=C(NCc1ccncc1)c1ccc(C2SCCS2)cc1. The number of amides is 1. The first-order chi connectivity index (χ1) is 10.3. The first kappa shape index (κ1) is 14.5. The third-order valence-corrected chi connectivity index (χ3v) is 6.37. The molecule has 1 fully saturated rings. The highest BCUT2D eigenvalue weighted by atomic mass is 32.2. The number of benzene rings is 1. The van der Waals surface area contributed by atoms with Crippen molar-refractivity contribution in [3.05, 3.63) is 65.5 Å². The molecule has 1 aliphatic heterocycles. The lowest BCUT2D eigenvalue weighted by Gasteiger charge is -2.09. The molecule has 0 atom stereocenters. The third kappa shape index (κ3) is 3.80. The molecule has 1 saturated heterocycles. The highest BCUT2D eigenvalue weighted by molar-refractivity contribution is 8.19. The molecule has 2 aromatic rings. The minimum absolute atomic E-state index is 0.0370. The van der Waals surface area contributed by atoms with Crippen LogP contribution in [0.5, 0.6) is 0 Å². The van der Waals surface area contributed by atoms with Crippen molar-refractivity contribution in [3.8, 4) is 0 Å². The Labute approximate surface area is 132 Å². The number of carbonyl (C=O) groups excluding carboxylic acids is 1. The van der Waals surface area contributed by atoms with Gasteiger partial charge in [-0.1, -0.05) is 12.1 Å². The number of hydrogen-bond acceptors (Lipinski definition) is 4. The Morgan fingerprint density at radius 3 is 2.43 bits per heavy atom. The van der Waals surface area contributed by atoms with E-state index in [1.807, 2.05) is 47.8 Å². The Bertz CT molecular complexity index is 595. The fraction of sp³-hybridized carbons (Fsp3) is 0.250. The maximum absolute atomic E-state index is 12.1. The van der Waals surface area contributed by atoms with E-state index >= 15 is 0 Å². The molecule has 1 aromatic heterocycles. The number of nitrogens with one attached hydrogen (secondary N) is 1. The Balaban J connectivity index is 1.59. The molecule has 0 bridgehead atoms. The van der Waals surface area contributed by atoms with E-state index < -0.39 is 0 Å². The lowest BCUT2D eigenvalue weighted by Crippen LogP contribution is -2.22. The van der Waals surface area contributed by atoms with Crippen LogP contribution in [0.3, 0.4) is 0 Å². The molecule has 21 heavy (non-hydrogen) atoms. The predicted octanol–water partition coefficient (Wildman–Crippen LogP) is 3.49. The van der Waals surface area contributed by atoms with Crippen molar-refractivity contribution in [1.82, 2.24) is 10.3 Å². The van der Waals surface area contributed by atoms with Gasteiger partial charge in [-0.25, -0.2) is 0 Å². The molecular weight excluding hydrogens is 300 g/mol. The predicted molar refractivity (Wildman–Crippen MR) is 89.5 cm³/mol. The molecule has 3 rings (SSSR count). The van der Waals surface area contributed by atoms with E-state index in [1.165, 1.54) is 17.1 Å². The normalized spacial score (nSPS) is 15.0. The molecule has 3 nitrogen and oxygen atoms in total. The molecule has 0 radical (unpaired) electrons. The summed E-state index contributed by atoms with van der Waals surface area (Å²) in [5, 5.41) is 2.93. The largest absolute Gasteiger partial charge is 0.348 e. The number of nitrogens with zero attached hydrogens (tertiary/aromatic N) is 1. The average Bonchev–Trinajstić information content (AvgIpc) is 3.08. The Hall–Kier alpha value is -1.46. The maximum atomic E-state index is 12.1. The molecule has 108 valence electrons. The number of aromatic nitrogens is 1. The zero-order chi connectivity index (χ0) is 14.5. The van der Waals surface area contributed by atoms with Crippen LogP contribution in [0, 0.1) is 0 Å². The Kier molecular flexibility index (Phi) is 4.83. The van der Waals surface area contributed by atoms with Gasteiger partial charge in [0.1, 0.15) is 0 Å². The number of hydrogen-bond donors (Lipinski definition) is 1. The zero-order valence-electron chi connectivity index (χ0n) is 11.5. The molecule has 0 spiro atoms. The monoisotopic (exact) mass is 316 g/mol. The minimum atomic E-state index is -0.0370. The summed E-state index contributed by atoms with van der Waals surface area (Å²) in [5.41, 5.74) is 3.06. The fourth-order valence-electron chi connectivity index (χ4n) is 2.13. The zero-order valence-corrected chi connectivity index (χ0v) is 13.1. The van der Waals surface area contributed by atoms with Crippen LogP contribution in [0.2, 0.25) is 0 Å². The summed E-state index contributed by atoms with van der Waals surface area (Å²) in [4.78, 5) is 16.1. The highest BCUT2D eigenvalue weighted by Crippen LogP contribution is 2.45. The van der Waals surface area contributed by atoms with Gasteiger partial charge in [0, 0.05) is 36.0 Å². The van der Waals surface area contributed by atoms with Crippen molar-refractivity contribution in [2.45, 2.75) is 11.1 Å². The van der Waals surface area contributed by atoms with Crippen molar-refractivity contribution in [2.24, 2.45) is 0 Å². The quantitative estimate of drug-likeness (QED) is 0.937. The maximum Gasteiger partial charge on any atom is 0.251 e. The van der Waals surface area contributed by atoms with Crippen molar-refractivity contribution < 1.29 is 4.79 Å². The van der Waals surface area contributed by atoms with Crippen LogP contribution in [-0.2, 0) is 6.54 Å². The smallest absolute Gasteiger partial charge is 0.251 e. The summed E-state index contributed by atoms with van der Waals surface area (Å²) in [7, 11) is 0. The second-order valence-corrected chi connectivity index (χ2v) is 7.46. The van der Waals surface area contributed by atoms with Crippen LogP contribution < -0.4 is 5.32 Å². The molecular formula is C16H16N2OS2. The number of rotatable bonds is 4. The van der Waals surface area contributed by atoms with E-state index in [0.717, 1.165) is 5.56 Å². The highest BCUT2D eigenvalue weighted by Gasteiger charge is 2.18. The van der Waals surface area contributed by atoms with Gasteiger partial charge in [0.15, 0.2) is 0 Å². The average molecular weight is 316 g/mol. The van der Waals surface area contributed by atoms with E-state index in [9.17, 15) is 4.79 Å². The minimum Gasteiger partial charge on any atom is -0.348 e. The first-order valence-electron chi connectivity index (χ1n) is 6.83. The van der Waals surface area contributed by atoms with Crippen LogP contribution in [0.15, 0.2) is 48.8 Å². The van der Waals surface area contributed by atoms with Crippen LogP contribution in [0.1, 0.15) is 26.1 Å². The topological polar surface area (TPSA) is 42.0 Å². The summed E-state index contributed by atoms with van der Waals surface area (Å²) >= 11 is 3.95. The van der Waals surface area contributed by atoms with Crippen molar-refractivity contribution in [2.75, 3.05) is 11.5 Å². The Morgan fingerprint density at radius 1 is 1.10 bits per heavy atom. The third-order valence-electron chi connectivity index (χ3n) is 3.27. The van der Waals surface area contributed by atoms with Gasteiger partial charge >= 0.3 is 0 Å². The molecule has 1 aliphatic rings. The van der Waals surface area contributed by atoms with Gasteiger partial charge in [-0.3, -0.25) is 9.78 Å². The van der Waals surface area contributed by atoms with Gasteiger partial charge in [0.2, 0.25) is 0 Å². The summed E-state index contributed by atoms with van der Waals surface area (Å²) in [5.74, 6) is 2.39. The molecule has 2 heterocycles. The lowest BCUT2D eigenvalue weighted by atomic mass is 10.1. The molecule has 1 aromatic carbocycles. The Morgan fingerprint density at radius 2 is 1.76 bits per heavy atom. The fourth-order valence-corrected chi connectivity index (χ4v) is 4.99. The van der Waals surface area contributed by atoms with Gasteiger partial charge in [-0.2, -0.15) is 0 Å². The van der Waals surface area contributed by atoms with E-state index in [1.54, 1.807) is 12.4 Å². The van der Waals surface area contributed by atoms with Gasteiger partial charge in [-0.05, 0) is 35.4 Å². The van der Waals surface area contributed by atoms with Crippen molar-refractivity contribution in [1.29, 1.82) is 0 Å². The van der Waals surface area contributed by atoms with Crippen LogP contribution in [-0.4, -0.2) is 22.4 Å². The first-order valence-corrected chi connectivity index (χ1v) is 8.93. The molecule has 5 heteroatoms. The molecule has 0 aliphatic carbocycles. The van der Waals surface area contributed by atoms with E-state index in [2.05, 4.69) is 22.4 Å². The summed E-state index contributed by atoms with van der Waals surface area (Å²) in [6, 6.07) is 11.8. The summed E-state index contributed by atoms with van der Waals surface area (Å²) < 4.78 is 0.527. The van der Waals surface area contributed by atoms with E-state index in [4.69, 9.17) is 0 Å². The number of carbonyl (C=O) groups is 1. The van der Waals surface area contributed by atoms with E-state index in [-0.39, 0.29) is 5.91 Å². The molecule has 1 N–H and O–H groups in total. The molecule has 0 unspecified atom stereocenters. The van der Waals surface area contributed by atoms with Crippen molar-refractivity contribution >= 4 is 29.4 Å². The van der Waals surface area contributed by atoms with Crippen LogP contribution in [0.25, 0.3) is 0 Å². The van der Waals surface area contributed by atoms with Crippen molar-refractivity contribution in [3.63, 3.8) is 0 Å². The van der Waals surface area contributed by atoms with Gasteiger partial charge in [0.05, 0.1) is 4.58 Å². The second-order valence-electron chi connectivity index (χ2n) is 4.73. The molecule has 1 amide bonds. The van der Waals surface area contributed by atoms with Gasteiger partial charge < -0.3 is 5.32 Å². The van der Waals surface area contributed by atoms with Gasteiger partial charge in [0.25, 0.3) is 5.91 Å². The van der Waals surface area contributed by atoms with Crippen LogP contribution in [0.4, 0.5) is 0 Å². The lowest BCUT2D eigenvalue weighted by molar-refractivity contribution is 0.0951. The number of pyridine rings is 1.